The summed E-state index contributed by atoms with van der Waals surface area (Å²) in [4.78, 5) is 22.2. The lowest BCUT2D eigenvalue weighted by molar-refractivity contribution is 0.0692. The quantitative estimate of drug-likeness (QED) is 0.164. The molecule has 4 aromatic rings. The average molecular weight is 783 g/mol. The number of hydrogen-bond acceptors (Lipinski definition) is 15. The van der Waals surface area contributed by atoms with Crippen LogP contribution in [0.1, 0.15) is 155 Å². The van der Waals surface area contributed by atoms with Crippen molar-refractivity contribution in [1.29, 1.82) is 0 Å². The van der Waals surface area contributed by atoms with E-state index in [-0.39, 0.29) is 0 Å². The third-order valence-electron chi connectivity index (χ3n) is 3.55. The lowest BCUT2D eigenvalue weighted by Crippen LogP contribution is -1.97. The molecule has 0 N–H and O–H groups in total. The molecule has 0 bridgehead atoms. The van der Waals surface area contributed by atoms with E-state index in [9.17, 15) is 0 Å². The van der Waals surface area contributed by atoms with Crippen molar-refractivity contribution in [3.63, 3.8) is 0 Å². The average Bonchev–Trinajstić information content (AvgIpc) is 4.12. The molecule has 4 aromatic heterocycles. The molecule has 0 unspecified atom stereocenters. The Bertz CT molecular complexity index is 846. The zero-order chi connectivity index (χ0) is 44.7. The molecule has 2 saturated heterocycles. The van der Waals surface area contributed by atoms with Crippen LogP contribution in [0.15, 0.2) is 56.2 Å². The van der Waals surface area contributed by atoms with E-state index in [1.54, 1.807) is 44.8 Å². The van der Waals surface area contributed by atoms with Crippen LogP contribution in [-0.4, -0.2) is 93.7 Å². The standard InChI is InChI=1S/C4H6N4.C4H5N3.C4H4N2.C4H8O.C3H3N3.C3H6O2.9C2H6/c1-3-5-7-4(2)8-6-3;1-4-6-2-5-3-7-4;1-2-6-4-3-5-1;1-2-4-5-3-1;1-2-5-6-3-4-1;1-2-5-3-4-1;9*1-2/h1-2H3;2-3H,1H3;1-4H;1-4H2;1-3H;1-3H2;9*1-2H3. The second-order valence-corrected chi connectivity index (χ2v) is 6.62. The van der Waals surface area contributed by atoms with Gasteiger partial charge >= 0.3 is 0 Å². The Morgan fingerprint density at radius 3 is 0.836 bits per heavy atom. The molecule has 2 fully saturated rings. The second kappa shape index (κ2) is 92.6. The summed E-state index contributed by atoms with van der Waals surface area (Å²) < 4.78 is 14.4. The molecule has 6 heterocycles. The zero-order valence-corrected chi connectivity index (χ0v) is 39.2. The predicted molar refractivity (Wildman–Crippen MR) is 232 cm³/mol. The van der Waals surface area contributed by atoms with Crippen molar-refractivity contribution in [3.05, 3.63) is 73.6 Å². The monoisotopic (exact) mass is 783 g/mol. The van der Waals surface area contributed by atoms with E-state index in [0.717, 1.165) is 32.3 Å². The number of ether oxygens (including phenoxy) is 3. The van der Waals surface area contributed by atoms with Gasteiger partial charge in [-0.3, -0.25) is 9.97 Å². The summed E-state index contributed by atoms with van der Waals surface area (Å²) in [6.07, 6.45) is 16.6. The molecule has 6 rings (SSSR count). The SMILES string of the molecule is C1CCOC1.C1COCO1.CC.CC.CC.CC.CC.CC.CC.CC.CC.Cc1ncncn1.Cc1nnc(C)nn1.c1cnccn1.c1cnncn1. The van der Waals surface area contributed by atoms with Crippen molar-refractivity contribution in [1.82, 2.24) is 60.5 Å². The van der Waals surface area contributed by atoms with E-state index >= 15 is 0 Å². The number of aromatic nitrogens is 12. The molecule has 0 aromatic carbocycles. The molecular weight excluding hydrogens is 697 g/mol. The van der Waals surface area contributed by atoms with Crippen LogP contribution in [0.3, 0.4) is 0 Å². The first kappa shape index (κ1) is 72.2. The van der Waals surface area contributed by atoms with Crippen LogP contribution in [0.4, 0.5) is 0 Å². The van der Waals surface area contributed by atoms with Gasteiger partial charge in [-0.1, -0.05) is 125 Å². The summed E-state index contributed by atoms with van der Waals surface area (Å²) >= 11 is 0. The lowest BCUT2D eigenvalue weighted by atomic mass is 10.4. The second-order valence-electron chi connectivity index (χ2n) is 6.62. The van der Waals surface area contributed by atoms with Crippen molar-refractivity contribution < 1.29 is 14.2 Å². The van der Waals surface area contributed by atoms with Gasteiger partial charge in [0, 0.05) is 44.2 Å². The Morgan fingerprint density at radius 2 is 0.691 bits per heavy atom. The molecule has 2 aliphatic heterocycles. The first-order valence-corrected chi connectivity index (χ1v) is 20.3. The van der Waals surface area contributed by atoms with E-state index in [2.05, 4.69) is 60.5 Å². The van der Waals surface area contributed by atoms with Gasteiger partial charge in [0.25, 0.3) is 0 Å². The molecule has 0 aliphatic carbocycles. The smallest absolute Gasteiger partial charge is 0.170 e. The molecular formula is C40H86N12O3. The minimum absolute atomic E-state index is 0.500. The number of nitrogens with zero attached hydrogens (tertiary/aromatic N) is 12. The fourth-order valence-electron chi connectivity index (χ4n) is 1.89. The Hall–Kier alpha value is -4.08. The van der Waals surface area contributed by atoms with Crippen LogP contribution >= 0.6 is 0 Å². The highest BCUT2D eigenvalue weighted by molar-refractivity contribution is 4.74. The third kappa shape index (κ3) is 88.8. The fourth-order valence-corrected chi connectivity index (χ4v) is 1.89. The topological polar surface area (TPSA) is 182 Å². The molecule has 2 aliphatic rings. The molecule has 55 heavy (non-hydrogen) atoms. The molecule has 0 radical (unpaired) electrons. The maximum absolute atomic E-state index is 4.94. The molecule has 15 heteroatoms. The summed E-state index contributed by atoms with van der Waals surface area (Å²) in [6, 6.07) is 0. The Balaban J connectivity index is -0.0000000612. The highest BCUT2D eigenvalue weighted by atomic mass is 16.7. The van der Waals surface area contributed by atoms with Gasteiger partial charge in [0.1, 0.15) is 31.6 Å². The first-order chi connectivity index (χ1) is 27.2. The first-order valence-electron chi connectivity index (χ1n) is 20.3. The Labute approximate surface area is 339 Å². The predicted octanol–water partition coefficient (Wildman–Crippen LogP) is 10.4. The van der Waals surface area contributed by atoms with E-state index < -0.39 is 0 Å². The van der Waals surface area contributed by atoms with E-state index in [1.807, 2.05) is 132 Å². The van der Waals surface area contributed by atoms with Gasteiger partial charge in [-0.2, -0.15) is 5.10 Å². The third-order valence-corrected chi connectivity index (χ3v) is 3.55. The normalized spacial score (nSPS) is 9.55. The van der Waals surface area contributed by atoms with Gasteiger partial charge in [-0.25, -0.2) is 19.9 Å². The highest BCUT2D eigenvalue weighted by Gasteiger charge is 1.95. The van der Waals surface area contributed by atoms with Gasteiger partial charge in [0.05, 0.1) is 19.4 Å². The van der Waals surface area contributed by atoms with Crippen molar-refractivity contribution in [2.75, 3.05) is 33.2 Å². The van der Waals surface area contributed by atoms with Crippen LogP contribution in [0.2, 0.25) is 0 Å². The molecule has 0 saturated carbocycles. The van der Waals surface area contributed by atoms with Crippen LogP contribution < -0.4 is 0 Å². The molecule has 0 spiro atoms. The van der Waals surface area contributed by atoms with Crippen LogP contribution in [0.25, 0.3) is 0 Å². The Morgan fingerprint density at radius 1 is 0.345 bits per heavy atom. The number of aryl methyl sites for hydroxylation is 3. The highest BCUT2D eigenvalue weighted by Crippen LogP contribution is 1.98. The van der Waals surface area contributed by atoms with Gasteiger partial charge in [-0.15, -0.1) is 25.5 Å². The molecule has 0 atom stereocenters. The van der Waals surface area contributed by atoms with E-state index in [4.69, 9.17) is 14.2 Å². The molecule has 324 valence electrons. The van der Waals surface area contributed by atoms with Crippen LogP contribution in [0.5, 0.6) is 0 Å². The van der Waals surface area contributed by atoms with Gasteiger partial charge in [0.2, 0.25) is 0 Å². The van der Waals surface area contributed by atoms with Crippen LogP contribution in [0, 0.1) is 20.8 Å². The lowest BCUT2D eigenvalue weighted by Gasteiger charge is -1.85. The van der Waals surface area contributed by atoms with Gasteiger partial charge in [0.15, 0.2) is 11.6 Å². The summed E-state index contributed by atoms with van der Waals surface area (Å²) in [7, 11) is 0. The van der Waals surface area contributed by atoms with Gasteiger partial charge in [-0.05, 0) is 33.6 Å². The summed E-state index contributed by atoms with van der Waals surface area (Å²) in [5, 5.41) is 21.5. The molecule has 0 amide bonds. The molecule has 15 nitrogen and oxygen atoms in total. The Kier molecular flexibility index (Phi) is 122. The van der Waals surface area contributed by atoms with Crippen molar-refractivity contribution in [3.8, 4) is 0 Å². The number of hydrogen-bond donors (Lipinski definition) is 0. The minimum atomic E-state index is 0.500. The summed E-state index contributed by atoms with van der Waals surface area (Å²) in [5.74, 6) is 1.97. The fraction of sp³-hybridized carbons (Fsp3) is 0.700. The maximum Gasteiger partial charge on any atom is 0.170 e. The van der Waals surface area contributed by atoms with Gasteiger partial charge < -0.3 is 14.2 Å². The van der Waals surface area contributed by atoms with Crippen molar-refractivity contribution in [2.45, 2.75) is 158 Å². The van der Waals surface area contributed by atoms with E-state index in [1.165, 1.54) is 38.0 Å². The maximum atomic E-state index is 4.94. The van der Waals surface area contributed by atoms with Crippen LogP contribution in [-0.2, 0) is 14.2 Å². The van der Waals surface area contributed by atoms with Crippen molar-refractivity contribution >= 4 is 0 Å². The van der Waals surface area contributed by atoms with Crippen molar-refractivity contribution in [2.24, 2.45) is 0 Å². The summed E-state index contributed by atoms with van der Waals surface area (Å²) in [6.45, 7) is 45.4. The number of rotatable bonds is 0. The minimum Gasteiger partial charge on any atom is -0.381 e. The van der Waals surface area contributed by atoms with E-state index in [0.29, 0.717) is 18.4 Å². The largest absolute Gasteiger partial charge is 0.381 e. The summed E-state index contributed by atoms with van der Waals surface area (Å²) in [5.41, 5.74) is 0. The zero-order valence-electron chi connectivity index (χ0n) is 39.2.